The van der Waals surface area contributed by atoms with Gasteiger partial charge in [0.2, 0.25) is 0 Å². The lowest BCUT2D eigenvalue weighted by Crippen LogP contribution is -2.26. The summed E-state index contributed by atoms with van der Waals surface area (Å²) in [5, 5.41) is 0. The first-order valence-electron chi connectivity index (χ1n) is 7.19. The minimum atomic E-state index is 0.0187. The van der Waals surface area contributed by atoms with Gasteiger partial charge in [-0.3, -0.25) is 4.79 Å². The first-order valence-corrected chi connectivity index (χ1v) is 7.19. The number of ether oxygens (including phenoxy) is 1. The molecule has 1 aliphatic rings. The molecule has 0 spiro atoms. The van der Waals surface area contributed by atoms with Crippen LogP contribution in [0.25, 0.3) is 0 Å². The lowest BCUT2D eigenvalue weighted by Gasteiger charge is -2.27. The standard InChI is InChI=1S/C15H28O2/c1-11(2)5-8-13(4)15(16)17-14-9-6-12(3)7-10-14/h11-14H,5-10H2,1-4H3. The predicted octanol–water partition coefficient (Wildman–Crippen LogP) is 4.18. The molecule has 1 saturated carbocycles. The summed E-state index contributed by atoms with van der Waals surface area (Å²) < 4.78 is 5.59. The van der Waals surface area contributed by atoms with Crippen molar-refractivity contribution in [1.29, 1.82) is 0 Å². The number of rotatable bonds is 5. The lowest BCUT2D eigenvalue weighted by atomic mass is 9.89. The van der Waals surface area contributed by atoms with Gasteiger partial charge in [0.25, 0.3) is 0 Å². The van der Waals surface area contributed by atoms with Crippen LogP contribution in [0, 0.1) is 17.8 Å². The second-order valence-corrected chi connectivity index (χ2v) is 6.19. The molecule has 0 aromatic rings. The van der Waals surface area contributed by atoms with Crippen molar-refractivity contribution in [2.75, 3.05) is 0 Å². The first kappa shape index (κ1) is 14.5. The van der Waals surface area contributed by atoms with Crippen LogP contribution in [0.15, 0.2) is 0 Å². The molecule has 17 heavy (non-hydrogen) atoms. The second-order valence-electron chi connectivity index (χ2n) is 6.19. The Kier molecular flexibility index (Phi) is 6.01. The molecule has 0 heterocycles. The van der Waals surface area contributed by atoms with Crippen LogP contribution in [0.1, 0.15) is 66.2 Å². The summed E-state index contributed by atoms with van der Waals surface area (Å²) in [6.45, 7) is 8.67. The Morgan fingerprint density at radius 1 is 1.12 bits per heavy atom. The second kappa shape index (κ2) is 7.03. The molecule has 0 N–H and O–H groups in total. The summed E-state index contributed by atoms with van der Waals surface area (Å²) in [5.74, 6) is 1.56. The van der Waals surface area contributed by atoms with E-state index in [0.717, 1.165) is 31.6 Å². The molecule has 0 aliphatic heterocycles. The Hall–Kier alpha value is -0.530. The number of hydrogen-bond donors (Lipinski definition) is 0. The Bertz CT molecular complexity index is 227. The third-order valence-corrected chi connectivity index (χ3v) is 3.83. The summed E-state index contributed by atoms with van der Waals surface area (Å²) in [5.41, 5.74) is 0. The fourth-order valence-corrected chi connectivity index (χ4v) is 2.33. The molecule has 0 aromatic carbocycles. The minimum absolute atomic E-state index is 0.0187. The molecule has 0 aromatic heterocycles. The third-order valence-electron chi connectivity index (χ3n) is 3.83. The molecular weight excluding hydrogens is 212 g/mol. The molecule has 2 heteroatoms. The quantitative estimate of drug-likeness (QED) is 0.674. The van der Waals surface area contributed by atoms with Gasteiger partial charge in [0.05, 0.1) is 5.92 Å². The highest BCUT2D eigenvalue weighted by Gasteiger charge is 2.23. The van der Waals surface area contributed by atoms with E-state index in [2.05, 4.69) is 20.8 Å². The van der Waals surface area contributed by atoms with Gasteiger partial charge in [-0.2, -0.15) is 0 Å². The molecule has 0 amide bonds. The molecule has 1 aliphatic carbocycles. The number of esters is 1. The van der Waals surface area contributed by atoms with Gasteiger partial charge in [-0.05, 0) is 43.9 Å². The van der Waals surface area contributed by atoms with Crippen molar-refractivity contribution < 1.29 is 9.53 Å². The Labute approximate surface area is 106 Å². The normalized spacial score (nSPS) is 26.9. The SMILES string of the molecule is CC(C)CCC(C)C(=O)OC1CCC(C)CC1. The van der Waals surface area contributed by atoms with Crippen LogP contribution < -0.4 is 0 Å². The van der Waals surface area contributed by atoms with E-state index in [4.69, 9.17) is 4.74 Å². The molecule has 2 nitrogen and oxygen atoms in total. The average molecular weight is 240 g/mol. The van der Waals surface area contributed by atoms with E-state index >= 15 is 0 Å². The summed E-state index contributed by atoms with van der Waals surface area (Å²) in [7, 11) is 0. The highest BCUT2D eigenvalue weighted by atomic mass is 16.5. The van der Waals surface area contributed by atoms with Crippen molar-refractivity contribution in [3.8, 4) is 0 Å². The maximum atomic E-state index is 11.9. The first-order chi connectivity index (χ1) is 7.99. The van der Waals surface area contributed by atoms with E-state index in [1.165, 1.54) is 12.8 Å². The molecule has 0 bridgehead atoms. The Morgan fingerprint density at radius 2 is 1.71 bits per heavy atom. The summed E-state index contributed by atoms with van der Waals surface area (Å²) in [4.78, 5) is 11.9. The fourth-order valence-electron chi connectivity index (χ4n) is 2.33. The molecule has 0 radical (unpaired) electrons. The zero-order valence-corrected chi connectivity index (χ0v) is 11.9. The maximum absolute atomic E-state index is 11.9. The summed E-state index contributed by atoms with van der Waals surface area (Å²) in [6, 6.07) is 0. The van der Waals surface area contributed by atoms with Crippen molar-refractivity contribution in [3.05, 3.63) is 0 Å². The molecule has 100 valence electrons. The van der Waals surface area contributed by atoms with Gasteiger partial charge >= 0.3 is 5.97 Å². The van der Waals surface area contributed by atoms with E-state index < -0.39 is 0 Å². The van der Waals surface area contributed by atoms with Gasteiger partial charge in [0, 0.05) is 0 Å². The topological polar surface area (TPSA) is 26.3 Å². The maximum Gasteiger partial charge on any atom is 0.308 e. The van der Waals surface area contributed by atoms with Crippen molar-refractivity contribution in [3.63, 3.8) is 0 Å². The van der Waals surface area contributed by atoms with Gasteiger partial charge in [-0.1, -0.05) is 34.1 Å². The van der Waals surface area contributed by atoms with Crippen LogP contribution in [-0.2, 0) is 9.53 Å². The number of carbonyl (C=O) groups excluding carboxylic acids is 1. The largest absolute Gasteiger partial charge is 0.462 e. The summed E-state index contributed by atoms with van der Waals surface area (Å²) in [6.07, 6.45) is 6.79. The van der Waals surface area contributed by atoms with Crippen LogP contribution in [-0.4, -0.2) is 12.1 Å². The van der Waals surface area contributed by atoms with Crippen molar-refractivity contribution in [2.24, 2.45) is 17.8 Å². The number of carbonyl (C=O) groups is 1. The lowest BCUT2D eigenvalue weighted by molar-refractivity contribution is -0.155. The van der Waals surface area contributed by atoms with Crippen LogP contribution in [0.3, 0.4) is 0 Å². The van der Waals surface area contributed by atoms with Crippen LogP contribution >= 0.6 is 0 Å². The molecule has 0 saturated heterocycles. The highest BCUT2D eigenvalue weighted by Crippen LogP contribution is 2.26. The van der Waals surface area contributed by atoms with Crippen molar-refractivity contribution >= 4 is 5.97 Å². The monoisotopic (exact) mass is 240 g/mol. The zero-order valence-electron chi connectivity index (χ0n) is 11.9. The van der Waals surface area contributed by atoms with E-state index in [0.29, 0.717) is 5.92 Å². The Morgan fingerprint density at radius 3 is 2.24 bits per heavy atom. The van der Waals surface area contributed by atoms with Gasteiger partial charge in [-0.25, -0.2) is 0 Å². The van der Waals surface area contributed by atoms with Crippen molar-refractivity contribution in [1.82, 2.24) is 0 Å². The number of hydrogen-bond acceptors (Lipinski definition) is 2. The highest BCUT2D eigenvalue weighted by molar-refractivity contribution is 5.72. The molecule has 1 rings (SSSR count). The van der Waals surface area contributed by atoms with Crippen LogP contribution in [0.2, 0.25) is 0 Å². The summed E-state index contributed by atoms with van der Waals surface area (Å²) >= 11 is 0. The molecule has 1 fully saturated rings. The van der Waals surface area contributed by atoms with E-state index in [-0.39, 0.29) is 18.0 Å². The van der Waals surface area contributed by atoms with Gasteiger partial charge in [0.1, 0.15) is 6.10 Å². The third kappa shape index (κ3) is 5.56. The fraction of sp³-hybridized carbons (Fsp3) is 0.933. The Balaban J connectivity index is 2.23. The molecular formula is C15H28O2. The van der Waals surface area contributed by atoms with Gasteiger partial charge in [0.15, 0.2) is 0 Å². The minimum Gasteiger partial charge on any atom is -0.462 e. The van der Waals surface area contributed by atoms with E-state index in [1.54, 1.807) is 0 Å². The zero-order chi connectivity index (χ0) is 12.8. The van der Waals surface area contributed by atoms with Crippen molar-refractivity contribution in [2.45, 2.75) is 72.3 Å². The average Bonchev–Trinajstić information content (AvgIpc) is 2.28. The van der Waals surface area contributed by atoms with Crippen LogP contribution in [0.4, 0.5) is 0 Å². The van der Waals surface area contributed by atoms with Gasteiger partial charge < -0.3 is 4.74 Å². The van der Waals surface area contributed by atoms with E-state index in [1.807, 2.05) is 6.92 Å². The van der Waals surface area contributed by atoms with Crippen LogP contribution in [0.5, 0.6) is 0 Å². The predicted molar refractivity (Wildman–Crippen MR) is 70.7 cm³/mol. The van der Waals surface area contributed by atoms with E-state index in [9.17, 15) is 4.79 Å². The molecule has 1 unspecified atom stereocenters. The van der Waals surface area contributed by atoms with Gasteiger partial charge in [-0.15, -0.1) is 0 Å². The molecule has 1 atom stereocenters. The smallest absolute Gasteiger partial charge is 0.308 e.